The minimum Gasteiger partial charge on any atom is -0.360 e. The maximum Gasteiger partial charge on any atom is 0.261 e. The summed E-state index contributed by atoms with van der Waals surface area (Å²) >= 11 is 0. The third kappa shape index (κ3) is 3.16. The standard InChI is InChI=1S/C16H19N3O3/c1-9(2)14-13(10(3)19-22-14)16(21)18-12-7-5-11(6-8-12)15(20)17-4/h5-9H,1-4H3,(H,17,20)(H,18,21). The van der Waals surface area contributed by atoms with Gasteiger partial charge in [-0.05, 0) is 31.2 Å². The number of benzene rings is 1. The Morgan fingerprint density at radius 3 is 2.32 bits per heavy atom. The molecule has 6 heteroatoms. The summed E-state index contributed by atoms with van der Waals surface area (Å²) in [6.45, 7) is 5.61. The number of nitrogens with zero attached hydrogens (tertiary/aromatic N) is 1. The van der Waals surface area contributed by atoms with E-state index in [1.165, 1.54) is 0 Å². The first-order chi connectivity index (χ1) is 10.4. The summed E-state index contributed by atoms with van der Waals surface area (Å²) < 4.78 is 5.22. The average Bonchev–Trinajstić information content (AvgIpc) is 2.89. The molecule has 0 atom stereocenters. The van der Waals surface area contributed by atoms with Crippen LogP contribution < -0.4 is 10.6 Å². The Bertz CT molecular complexity index is 687. The molecule has 0 spiro atoms. The van der Waals surface area contributed by atoms with Gasteiger partial charge < -0.3 is 15.2 Å². The van der Waals surface area contributed by atoms with Gasteiger partial charge in [-0.15, -0.1) is 0 Å². The van der Waals surface area contributed by atoms with Crippen LogP contribution in [0.4, 0.5) is 5.69 Å². The molecule has 1 aromatic heterocycles. The second kappa shape index (κ2) is 6.43. The second-order valence-electron chi connectivity index (χ2n) is 5.27. The van der Waals surface area contributed by atoms with Crippen LogP contribution >= 0.6 is 0 Å². The fraction of sp³-hybridized carbons (Fsp3) is 0.312. The minimum absolute atomic E-state index is 0.0672. The van der Waals surface area contributed by atoms with Gasteiger partial charge in [-0.2, -0.15) is 0 Å². The smallest absolute Gasteiger partial charge is 0.261 e. The number of amides is 2. The van der Waals surface area contributed by atoms with Crippen molar-refractivity contribution in [1.29, 1.82) is 0 Å². The zero-order chi connectivity index (χ0) is 16.3. The van der Waals surface area contributed by atoms with E-state index < -0.39 is 0 Å². The molecule has 0 saturated carbocycles. The maximum atomic E-state index is 12.4. The van der Waals surface area contributed by atoms with E-state index in [1.807, 2.05) is 13.8 Å². The summed E-state index contributed by atoms with van der Waals surface area (Å²) in [6.07, 6.45) is 0. The Kier molecular flexibility index (Phi) is 4.60. The minimum atomic E-state index is -0.268. The number of rotatable bonds is 4. The van der Waals surface area contributed by atoms with E-state index in [-0.39, 0.29) is 17.7 Å². The summed E-state index contributed by atoms with van der Waals surface area (Å²) in [7, 11) is 1.57. The summed E-state index contributed by atoms with van der Waals surface area (Å²) in [6, 6.07) is 6.66. The van der Waals surface area contributed by atoms with Gasteiger partial charge >= 0.3 is 0 Å². The lowest BCUT2D eigenvalue weighted by molar-refractivity contribution is 0.0962. The lowest BCUT2D eigenvalue weighted by Crippen LogP contribution is -2.18. The Morgan fingerprint density at radius 2 is 1.77 bits per heavy atom. The van der Waals surface area contributed by atoms with Crippen molar-refractivity contribution < 1.29 is 14.1 Å². The summed E-state index contributed by atoms with van der Waals surface area (Å²) in [4.78, 5) is 23.9. The number of anilines is 1. The molecule has 0 fully saturated rings. The molecule has 1 heterocycles. The highest BCUT2D eigenvalue weighted by atomic mass is 16.5. The normalized spacial score (nSPS) is 10.6. The Morgan fingerprint density at radius 1 is 1.14 bits per heavy atom. The number of carbonyl (C=O) groups excluding carboxylic acids is 2. The van der Waals surface area contributed by atoms with Crippen LogP contribution in [0.25, 0.3) is 0 Å². The molecule has 2 rings (SSSR count). The average molecular weight is 301 g/mol. The van der Waals surface area contributed by atoms with E-state index in [2.05, 4.69) is 15.8 Å². The van der Waals surface area contributed by atoms with Gasteiger partial charge in [-0.3, -0.25) is 9.59 Å². The van der Waals surface area contributed by atoms with Crippen molar-refractivity contribution in [3.8, 4) is 0 Å². The van der Waals surface area contributed by atoms with Crippen LogP contribution in [0.2, 0.25) is 0 Å². The molecule has 116 valence electrons. The second-order valence-corrected chi connectivity index (χ2v) is 5.27. The predicted octanol–water partition coefficient (Wildman–Crippen LogP) is 2.72. The van der Waals surface area contributed by atoms with Crippen molar-refractivity contribution in [3.63, 3.8) is 0 Å². The fourth-order valence-electron chi connectivity index (χ4n) is 2.10. The topological polar surface area (TPSA) is 84.2 Å². The van der Waals surface area contributed by atoms with Crippen molar-refractivity contribution >= 4 is 17.5 Å². The van der Waals surface area contributed by atoms with Crippen molar-refractivity contribution in [1.82, 2.24) is 10.5 Å². The maximum absolute atomic E-state index is 12.4. The monoisotopic (exact) mass is 301 g/mol. The van der Waals surface area contributed by atoms with Crippen molar-refractivity contribution in [3.05, 3.63) is 46.8 Å². The van der Waals surface area contributed by atoms with Crippen molar-refractivity contribution in [2.75, 3.05) is 12.4 Å². The third-order valence-corrected chi connectivity index (χ3v) is 3.27. The quantitative estimate of drug-likeness (QED) is 0.909. The Labute approximate surface area is 128 Å². The van der Waals surface area contributed by atoms with Gasteiger partial charge in [0, 0.05) is 24.2 Å². The summed E-state index contributed by atoms with van der Waals surface area (Å²) in [5.74, 6) is 0.194. The Balaban J connectivity index is 2.19. The molecular weight excluding hydrogens is 282 g/mol. The molecule has 0 aliphatic carbocycles. The predicted molar refractivity (Wildman–Crippen MR) is 83.1 cm³/mol. The van der Waals surface area contributed by atoms with Gasteiger partial charge in [-0.1, -0.05) is 19.0 Å². The van der Waals surface area contributed by atoms with E-state index in [9.17, 15) is 9.59 Å². The molecule has 2 aromatic rings. The molecule has 2 amide bonds. The molecule has 0 bridgehead atoms. The highest BCUT2D eigenvalue weighted by Crippen LogP contribution is 2.23. The van der Waals surface area contributed by atoms with Crippen LogP contribution in [-0.4, -0.2) is 24.0 Å². The molecule has 6 nitrogen and oxygen atoms in total. The molecular formula is C16H19N3O3. The first-order valence-electron chi connectivity index (χ1n) is 7.03. The van der Waals surface area contributed by atoms with Crippen molar-refractivity contribution in [2.24, 2.45) is 0 Å². The summed E-state index contributed by atoms with van der Waals surface area (Å²) in [5.41, 5.74) is 2.16. The van der Waals surface area contributed by atoms with Gasteiger partial charge in [-0.25, -0.2) is 0 Å². The first kappa shape index (κ1) is 15.8. The van der Waals surface area contributed by atoms with Crippen LogP contribution in [-0.2, 0) is 0 Å². The van der Waals surface area contributed by atoms with Crippen LogP contribution in [0.1, 0.15) is 51.9 Å². The highest BCUT2D eigenvalue weighted by Gasteiger charge is 2.22. The number of carbonyl (C=O) groups is 2. The van der Waals surface area contributed by atoms with Crippen molar-refractivity contribution in [2.45, 2.75) is 26.7 Å². The van der Waals surface area contributed by atoms with Gasteiger partial charge in [0.1, 0.15) is 5.56 Å². The Hall–Kier alpha value is -2.63. The molecule has 22 heavy (non-hydrogen) atoms. The van der Waals surface area contributed by atoms with E-state index in [0.717, 1.165) is 0 Å². The number of hydrogen-bond donors (Lipinski definition) is 2. The molecule has 1 aromatic carbocycles. The fourth-order valence-corrected chi connectivity index (χ4v) is 2.10. The molecule has 0 aliphatic rings. The number of aryl methyl sites for hydroxylation is 1. The summed E-state index contributed by atoms with van der Waals surface area (Å²) in [5, 5.41) is 9.20. The molecule has 0 saturated heterocycles. The van der Waals surface area contributed by atoms with Gasteiger partial charge in [0.15, 0.2) is 5.76 Å². The van der Waals surface area contributed by atoms with Gasteiger partial charge in [0.2, 0.25) is 0 Å². The lowest BCUT2D eigenvalue weighted by Gasteiger charge is -2.08. The zero-order valence-electron chi connectivity index (χ0n) is 13.1. The number of aromatic nitrogens is 1. The SMILES string of the molecule is CNC(=O)c1ccc(NC(=O)c2c(C)noc2C(C)C)cc1. The van der Waals surface area contributed by atoms with Gasteiger partial charge in [0.25, 0.3) is 11.8 Å². The van der Waals surface area contributed by atoms with Crippen LogP contribution in [0.15, 0.2) is 28.8 Å². The lowest BCUT2D eigenvalue weighted by atomic mass is 10.0. The van der Waals surface area contributed by atoms with Gasteiger partial charge in [0.05, 0.1) is 5.69 Å². The highest BCUT2D eigenvalue weighted by molar-refractivity contribution is 6.06. The molecule has 0 radical (unpaired) electrons. The largest absolute Gasteiger partial charge is 0.360 e. The molecule has 2 N–H and O–H groups in total. The van der Waals surface area contributed by atoms with E-state index in [1.54, 1.807) is 38.2 Å². The first-order valence-corrected chi connectivity index (χ1v) is 7.03. The number of nitrogens with one attached hydrogen (secondary N) is 2. The number of hydrogen-bond acceptors (Lipinski definition) is 4. The van der Waals surface area contributed by atoms with Crippen LogP contribution in [0.3, 0.4) is 0 Å². The zero-order valence-corrected chi connectivity index (χ0v) is 13.1. The van der Waals surface area contributed by atoms with Crippen LogP contribution in [0.5, 0.6) is 0 Å². The van der Waals surface area contributed by atoms with E-state index >= 15 is 0 Å². The van der Waals surface area contributed by atoms with E-state index in [0.29, 0.717) is 28.3 Å². The molecule has 0 unspecified atom stereocenters. The van der Waals surface area contributed by atoms with Crippen LogP contribution in [0, 0.1) is 6.92 Å². The molecule has 0 aliphatic heterocycles. The third-order valence-electron chi connectivity index (χ3n) is 3.27. The van der Waals surface area contributed by atoms with E-state index in [4.69, 9.17) is 4.52 Å².